The molecule has 0 radical (unpaired) electrons. The number of hydrogen-bond donors (Lipinski definition) is 2. The molecule has 8 atom stereocenters. The van der Waals surface area contributed by atoms with Crippen LogP contribution in [0.5, 0.6) is 0 Å². The lowest BCUT2D eigenvalue weighted by Crippen LogP contribution is -2.56. The van der Waals surface area contributed by atoms with Gasteiger partial charge in [-0.2, -0.15) is 0 Å². The second kappa shape index (κ2) is 20.6. The molecule has 4 bridgehead atoms. The maximum atomic E-state index is 15.4. The van der Waals surface area contributed by atoms with Crippen LogP contribution in [-0.2, 0) is 39.0 Å². The molecule has 14 rings (SSSR count). The van der Waals surface area contributed by atoms with Crippen molar-refractivity contribution in [3.63, 3.8) is 0 Å². The number of fused-ring (bicyclic) bond motifs is 10. The molecule has 4 amide bonds. The van der Waals surface area contributed by atoms with Gasteiger partial charge >= 0.3 is 0 Å². The molecule has 7 aromatic carbocycles. The Hall–Kier alpha value is -8.25. The van der Waals surface area contributed by atoms with E-state index in [1.165, 1.54) is 11.6 Å². The summed E-state index contributed by atoms with van der Waals surface area (Å²) in [6.45, 7) is 13.9. The van der Waals surface area contributed by atoms with E-state index in [0.717, 1.165) is 66.8 Å². The first-order valence-electron chi connectivity index (χ1n) is 27.6. The summed E-state index contributed by atoms with van der Waals surface area (Å²) in [5.74, 6) is -2.22. The van der Waals surface area contributed by atoms with Crippen molar-refractivity contribution >= 4 is 101 Å². The van der Waals surface area contributed by atoms with Crippen LogP contribution in [0.2, 0.25) is 0 Å². The molecule has 9 nitrogen and oxygen atoms in total. The van der Waals surface area contributed by atoms with Crippen molar-refractivity contribution in [2.45, 2.75) is 58.2 Å². The molecule has 7 aromatic rings. The van der Waals surface area contributed by atoms with Gasteiger partial charge in [-0.1, -0.05) is 234 Å². The van der Waals surface area contributed by atoms with E-state index in [1.54, 1.807) is 6.92 Å². The predicted molar refractivity (Wildman–Crippen MR) is 334 cm³/mol. The number of carbonyl (C=O) groups excluding carboxylic acids is 7. The van der Waals surface area contributed by atoms with Crippen molar-refractivity contribution in [2.75, 3.05) is 0 Å². The molecule has 2 saturated carbocycles. The molecule has 0 aromatic heterocycles. The summed E-state index contributed by atoms with van der Waals surface area (Å²) in [5, 5.41) is 4.52. The molecule has 7 aliphatic rings. The summed E-state index contributed by atoms with van der Waals surface area (Å²) in [5.41, 5.74) is 6.32. The largest absolute Gasteiger partial charge is 0.298 e. The third-order valence-corrected chi connectivity index (χ3v) is 21.3. The zero-order valence-corrected chi connectivity index (χ0v) is 50.1. The van der Waals surface area contributed by atoms with Gasteiger partial charge in [-0.3, -0.25) is 44.2 Å². The standard InChI is InChI=1S/C38H32O2.C23H18BrNO3.C7H8.C4H2BrNO2.H2/c1-25-30(26-17-9-5-10-18-26)38(29-23-15-8-16-24-29)36(3)32(28-21-13-7-14-22-28)31(27-19-11-6-12-20-27)35(2,34(36)40)37(38,4)33(25)39;1-21-15(13-9-5-3-6-10-13)16(14-11-7-4-8-12-14)22(2,19(21)27)23(24)17(21)18(26)25-20(23)28;1-7-5-3-2-4-6-7;5-2-1-3(7)6-4(2)8;/h5-24H,1-4H3;3-12,17H,1-2H3,(H,25,26,28);2-6H,1H3;1H,(H,6,7,8);1H/i;;;;1+1. The average Bonchev–Trinajstić information content (AvgIpc) is 1.46. The van der Waals surface area contributed by atoms with Crippen LogP contribution >= 0.6 is 31.9 Å². The molecular weight excluding hydrogens is 1160 g/mol. The summed E-state index contributed by atoms with van der Waals surface area (Å²) in [6, 6.07) is 70.8. The normalized spacial score (nSPS) is 29.5. The Morgan fingerprint density at radius 2 is 0.807 bits per heavy atom. The van der Waals surface area contributed by atoms with E-state index < -0.39 is 48.6 Å². The quantitative estimate of drug-likeness (QED) is 0.125. The van der Waals surface area contributed by atoms with Crippen LogP contribution in [0.3, 0.4) is 0 Å². The zero-order valence-electron chi connectivity index (χ0n) is 47.0. The average molecular weight is 1230 g/mol. The Morgan fingerprint density at radius 3 is 1.18 bits per heavy atom. The van der Waals surface area contributed by atoms with Crippen molar-refractivity contribution in [1.29, 1.82) is 0 Å². The maximum absolute atomic E-state index is 15.4. The van der Waals surface area contributed by atoms with E-state index in [4.69, 9.17) is 0 Å². The Labute approximate surface area is 501 Å². The highest BCUT2D eigenvalue weighted by atomic mass is 79.9. The van der Waals surface area contributed by atoms with E-state index in [-0.39, 0.29) is 36.5 Å². The number of carbonyl (C=O) groups is 7. The molecule has 2 N–H and O–H groups in total. The number of aryl methyl sites for hydroxylation is 1. The number of imide groups is 2. The van der Waals surface area contributed by atoms with Gasteiger partial charge in [-0.15, -0.1) is 0 Å². The number of benzene rings is 7. The molecule has 416 valence electrons. The van der Waals surface area contributed by atoms with E-state index in [1.807, 2.05) is 171 Å². The molecule has 83 heavy (non-hydrogen) atoms. The summed E-state index contributed by atoms with van der Waals surface area (Å²) < 4.78 is -0.991. The summed E-state index contributed by atoms with van der Waals surface area (Å²) in [4.78, 5) is 90.6. The van der Waals surface area contributed by atoms with Gasteiger partial charge in [0.05, 0.1) is 42.9 Å². The van der Waals surface area contributed by atoms with Gasteiger partial charge < -0.3 is 0 Å². The summed E-state index contributed by atoms with van der Waals surface area (Å²) >= 11 is 6.49. The molecular formula is C72H62Br2N2O7. The van der Waals surface area contributed by atoms with E-state index in [0.29, 0.717) is 4.48 Å². The van der Waals surface area contributed by atoms with Crippen LogP contribution in [-0.4, -0.2) is 45.3 Å². The van der Waals surface area contributed by atoms with E-state index >= 15 is 4.79 Å². The molecule has 5 aliphatic carbocycles. The zero-order chi connectivity index (χ0) is 59.1. The Balaban J connectivity index is 0.000000153. The second-order valence-corrected chi connectivity index (χ2v) is 25.2. The number of rotatable bonds is 6. The van der Waals surface area contributed by atoms with Crippen LogP contribution in [0.1, 0.15) is 81.9 Å². The minimum Gasteiger partial charge on any atom is -0.298 e. The van der Waals surface area contributed by atoms with Crippen molar-refractivity contribution in [3.05, 3.63) is 267 Å². The molecule has 1 saturated heterocycles. The lowest BCUT2D eigenvalue weighted by atomic mass is 9.43. The Morgan fingerprint density at radius 1 is 0.434 bits per heavy atom. The number of nitrogens with one attached hydrogen (secondary N) is 2. The molecule has 11 heteroatoms. The third-order valence-electron chi connectivity index (χ3n) is 19.1. The van der Waals surface area contributed by atoms with Gasteiger partial charge in [-0.25, -0.2) is 0 Å². The highest BCUT2D eigenvalue weighted by Crippen LogP contribution is 2.86. The first-order chi connectivity index (χ1) is 39.6. The predicted octanol–water partition coefficient (Wildman–Crippen LogP) is 14.0. The van der Waals surface area contributed by atoms with Crippen molar-refractivity contribution in [3.8, 4) is 0 Å². The number of amides is 4. The summed E-state index contributed by atoms with van der Waals surface area (Å²) in [7, 11) is 0. The third kappa shape index (κ3) is 7.58. The second-order valence-electron chi connectivity index (χ2n) is 23.1. The minimum absolute atomic E-state index is 0. The SMILES string of the molecule is CC12C(=O)C(C)(C(c3ccccc3)=C1c1ccccc1)C1(Br)C(=O)NC(=O)C21.CC1=C(c2ccccc2)C2(c3ccccc3)C3(C)C(=O)C(C)(C(c4ccccc4)=C3c3ccccc3)C2(C)C1=O.Cc1ccccc1.O=C1C=C(Br)C(=O)N1.[2HH]. The van der Waals surface area contributed by atoms with Crippen LogP contribution < -0.4 is 10.6 Å². The highest BCUT2D eigenvalue weighted by molar-refractivity contribution is 9.12. The number of ketones is 3. The van der Waals surface area contributed by atoms with Crippen LogP contribution in [0, 0.1) is 39.9 Å². The van der Waals surface area contributed by atoms with E-state index in [9.17, 15) is 28.8 Å². The number of Topliss-reactive ketones (excluding diaryl/α,β-unsaturated/α-hetero) is 3. The lowest BCUT2D eigenvalue weighted by Gasteiger charge is -2.55. The van der Waals surface area contributed by atoms with Crippen molar-refractivity contribution in [1.82, 2.24) is 10.6 Å². The number of hydrogen-bond acceptors (Lipinski definition) is 7. The van der Waals surface area contributed by atoms with Crippen LogP contribution in [0.4, 0.5) is 0 Å². The van der Waals surface area contributed by atoms with Crippen molar-refractivity contribution in [2.24, 2.45) is 33.0 Å². The first-order valence-corrected chi connectivity index (χ1v) is 29.2. The smallest absolute Gasteiger partial charge is 0.265 e. The molecule has 8 unspecified atom stereocenters. The van der Waals surface area contributed by atoms with E-state index in [2.05, 4.69) is 126 Å². The molecule has 0 spiro atoms. The minimum atomic E-state index is -1.29. The monoisotopic (exact) mass is 1230 g/mol. The Kier molecular flexibility index (Phi) is 14.0. The fourth-order valence-electron chi connectivity index (χ4n) is 15.8. The topological polar surface area (TPSA) is 144 Å². The van der Waals surface area contributed by atoms with Gasteiger partial charge in [0, 0.05) is 7.50 Å². The summed E-state index contributed by atoms with van der Waals surface area (Å²) in [6.07, 6.45) is 1.20. The van der Waals surface area contributed by atoms with Gasteiger partial charge in [0.1, 0.15) is 4.32 Å². The van der Waals surface area contributed by atoms with Gasteiger partial charge in [0.25, 0.3) is 11.8 Å². The fraction of sp³-hybridized carbons (Fsp3) is 0.208. The van der Waals surface area contributed by atoms with Gasteiger partial charge in [-0.05, 0) is 131 Å². The fourth-order valence-corrected chi connectivity index (χ4v) is 17.2. The number of allylic oxidation sites excluding steroid dienone is 6. The van der Waals surface area contributed by atoms with Crippen LogP contribution in [0.25, 0.3) is 27.9 Å². The maximum Gasteiger partial charge on any atom is 0.265 e. The van der Waals surface area contributed by atoms with Crippen LogP contribution in [0.15, 0.2) is 228 Å². The molecule has 3 fully saturated rings. The van der Waals surface area contributed by atoms with Gasteiger partial charge in [0.15, 0.2) is 17.3 Å². The Bertz CT molecular complexity index is 4010. The lowest BCUT2D eigenvalue weighted by molar-refractivity contribution is -0.134. The van der Waals surface area contributed by atoms with Crippen molar-refractivity contribution < 1.29 is 35.0 Å². The molecule has 2 aliphatic heterocycles. The highest BCUT2D eigenvalue weighted by Gasteiger charge is 2.88. The first kappa shape index (κ1) is 56.6. The van der Waals surface area contributed by atoms with Gasteiger partial charge in [0.2, 0.25) is 11.8 Å². The number of halogens is 2. The molecule has 2 heterocycles. The number of alkyl halides is 1.